The van der Waals surface area contributed by atoms with Gasteiger partial charge >= 0.3 is 0 Å². The van der Waals surface area contributed by atoms with E-state index >= 15 is 0 Å². The number of phenolic OH excluding ortho intramolecular Hbond substituents is 1. The molecule has 0 radical (unpaired) electrons. The number of unbranched alkanes of at least 4 members (excludes halogenated alkanes) is 8. The molecule has 38 heavy (non-hydrogen) atoms. The first-order valence-electron chi connectivity index (χ1n) is 15.1. The predicted molar refractivity (Wildman–Crippen MR) is 160 cm³/mol. The van der Waals surface area contributed by atoms with E-state index < -0.39 is 0 Å². The van der Waals surface area contributed by atoms with E-state index in [0.29, 0.717) is 11.3 Å². The first kappa shape index (κ1) is 31.9. The third kappa shape index (κ3) is 9.47. The summed E-state index contributed by atoms with van der Waals surface area (Å²) in [4.78, 5) is 18.7. The van der Waals surface area contributed by atoms with Crippen molar-refractivity contribution < 1.29 is 9.90 Å². The largest absolute Gasteiger partial charge is 0.507 e. The molecule has 0 aliphatic rings. The molecule has 0 atom stereocenters. The van der Waals surface area contributed by atoms with Gasteiger partial charge in [-0.1, -0.05) is 107 Å². The first-order chi connectivity index (χ1) is 17.9. The molecule has 0 aliphatic carbocycles. The molecule has 0 saturated carbocycles. The van der Waals surface area contributed by atoms with E-state index in [1.54, 1.807) is 0 Å². The summed E-state index contributed by atoms with van der Waals surface area (Å²) in [5, 5.41) is 11.1. The molecule has 2 rings (SSSR count). The number of benzene rings is 1. The summed E-state index contributed by atoms with van der Waals surface area (Å²) >= 11 is 0. The molecule has 5 heteroatoms. The number of aromatic hydroxyl groups is 1. The highest BCUT2D eigenvalue weighted by atomic mass is 16.3. The summed E-state index contributed by atoms with van der Waals surface area (Å²) in [7, 11) is 0. The summed E-state index contributed by atoms with van der Waals surface area (Å²) in [6.07, 6.45) is 16.3. The molecule has 2 aromatic rings. The van der Waals surface area contributed by atoms with E-state index in [-0.39, 0.29) is 23.2 Å². The van der Waals surface area contributed by atoms with Gasteiger partial charge in [0, 0.05) is 42.2 Å². The van der Waals surface area contributed by atoms with Crippen LogP contribution in [-0.4, -0.2) is 26.6 Å². The van der Waals surface area contributed by atoms with Gasteiger partial charge in [-0.3, -0.25) is 9.79 Å². The predicted octanol–water partition coefficient (Wildman–Crippen LogP) is 8.31. The van der Waals surface area contributed by atoms with Crippen LogP contribution in [0.5, 0.6) is 5.75 Å². The Labute approximate surface area is 232 Å². The molecular weight excluding hydrogens is 470 g/mol. The van der Waals surface area contributed by atoms with E-state index in [1.165, 1.54) is 51.4 Å². The van der Waals surface area contributed by atoms with Crippen molar-refractivity contribution in [2.75, 3.05) is 6.54 Å². The number of aromatic nitrogens is 2. The number of aryl methyl sites for hydroxylation is 1. The monoisotopic (exact) mass is 525 g/mol. The highest BCUT2D eigenvalue weighted by molar-refractivity contribution is 5.96. The fourth-order valence-electron chi connectivity index (χ4n) is 4.90. The van der Waals surface area contributed by atoms with Crippen LogP contribution in [0.15, 0.2) is 29.5 Å². The Hall–Kier alpha value is -2.30. The molecule has 0 fully saturated rings. The molecule has 0 saturated heterocycles. The maximum atomic E-state index is 13.7. The second-order valence-corrected chi connectivity index (χ2v) is 13.0. The van der Waals surface area contributed by atoms with E-state index in [4.69, 9.17) is 4.99 Å². The minimum atomic E-state index is -0.271. The normalized spacial score (nSPS) is 12.9. The van der Waals surface area contributed by atoms with Crippen LogP contribution >= 0.6 is 0 Å². The van der Waals surface area contributed by atoms with Gasteiger partial charge in [0.15, 0.2) is 5.78 Å². The third-order valence-corrected chi connectivity index (χ3v) is 7.32. The number of nitrogens with zero attached hydrogens (tertiary/aromatic N) is 3. The molecule has 1 heterocycles. The summed E-state index contributed by atoms with van der Waals surface area (Å²) in [6, 6.07) is 3.78. The summed E-state index contributed by atoms with van der Waals surface area (Å²) in [6.45, 7) is 18.9. The van der Waals surface area contributed by atoms with Gasteiger partial charge < -0.3 is 14.2 Å². The van der Waals surface area contributed by atoms with E-state index in [2.05, 4.69) is 66.2 Å². The van der Waals surface area contributed by atoms with Gasteiger partial charge in [0.25, 0.3) is 0 Å². The number of imidazole rings is 1. The minimum absolute atomic E-state index is 0.0473. The molecule has 0 amide bonds. The van der Waals surface area contributed by atoms with Crippen LogP contribution < -0.4 is 5.62 Å². The Kier molecular flexibility index (Phi) is 12.4. The lowest BCUT2D eigenvalue weighted by Gasteiger charge is -2.28. The van der Waals surface area contributed by atoms with Crippen LogP contribution in [0.25, 0.3) is 0 Å². The van der Waals surface area contributed by atoms with Gasteiger partial charge in [-0.05, 0) is 35.8 Å². The number of Topliss-reactive ketones (excluding diaryl/α,β-unsaturated/α-hetero) is 1. The minimum Gasteiger partial charge on any atom is -0.507 e. The van der Waals surface area contributed by atoms with E-state index in [0.717, 1.165) is 42.7 Å². The Bertz CT molecular complexity index is 1040. The van der Waals surface area contributed by atoms with Crippen LogP contribution in [0.3, 0.4) is 0 Å². The Morgan fingerprint density at radius 1 is 0.763 bits per heavy atom. The lowest BCUT2D eigenvalue weighted by Crippen LogP contribution is -2.29. The van der Waals surface area contributed by atoms with Gasteiger partial charge in [-0.15, -0.1) is 0 Å². The topological polar surface area (TPSA) is 59.5 Å². The van der Waals surface area contributed by atoms with Crippen molar-refractivity contribution in [1.29, 1.82) is 0 Å². The van der Waals surface area contributed by atoms with Crippen molar-refractivity contribution in [2.24, 2.45) is 4.99 Å². The molecular formula is C33H55N3O2. The molecule has 214 valence electrons. The highest BCUT2D eigenvalue weighted by Crippen LogP contribution is 2.39. The van der Waals surface area contributed by atoms with Crippen molar-refractivity contribution in [1.82, 2.24) is 9.13 Å². The average molecular weight is 526 g/mol. The van der Waals surface area contributed by atoms with E-state index in [9.17, 15) is 9.90 Å². The van der Waals surface area contributed by atoms with Gasteiger partial charge in [-0.2, -0.15) is 0 Å². The molecule has 0 spiro atoms. The Balaban J connectivity index is 2.35. The molecule has 1 aromatic carbocycles. The quantitative estimate of drug-likeness (QED) is 0.188. The molecule has 5 nitrogen and oxygen atoms in total. The third-order valence-electron chi connectivity index (χ3n) is 7.32. The zero-order valence-corrected chi connectivity index (χ0v) is 25.7. The smallest absolute Gasteiger partial charge is 0.205 e. The molecule has 1 aromatic heterocycles. The van der Waals surface area contributed by atoms with Crippen LogP contribution in [0.2, 0.25) is 0 Å². The SMILES string of the molecule is CCCCCCC/N=c1\n(CCCCCCC)ccn1CC(=O)c1cc(C(C)(C)C)c(O)c(C(C)(C)C)c1. The van der Waals surface area contributed by atoms with Crippen LogP contribution in [0.4, 0.5) is 0 Å². The number of carbonyl (C=O) groups excluding carboxylic acids is 1. The number of hydrogen-bond acceptors (Lipinski definition) is 3. The van der Waals surface area contributed by atoms with Crippen LogP contribution in [0.1, 0.15) is 141 Å². The van der Waals surface area contributed by atoms with Crippen molar-refractivity contribution in [3.8, 4) is 5.75 Å². The van der Waals surface area contributed by atoms with Crippen molar-refractivity contribution in [2.45, 2.75) is 144 Å². The number of phenols is 1. The molecule has 0 unspecified atom stereocenters. The van der Waals surface area contributed by atoms with E-state index in [1.807, 2.05) is 22.9 Å². The van der Waals surface area contributed by atoms with Gasteiger partial charge in [0.1, 0.15) is 5.75 Å². The van der Waals surface area contributed by atoms with Crippen molar-refractivity contribution >= 4 is 5.78 Å². The number of hydrogen-bond donors (Lipinski definition) is 1. The fourth-order valence-corrected chi connectivity index (χ4v) is 4.90. The lowest BCUT2D eigenvalue weighted by molar-refractivity contribution is 0.0970. The second kappa shape index (κ2) is 14.7. The Morgan fingerprint density at radius 3 is 1.79 bits per heavy atom. The van der Waals surface area contributed by atoms with Crippen LogP contribution in [0, 0.1) is 0 Å². The second-order valence-electron chi connectivity index (χ2n) is 13.0. The highest BCUT2D eigenvalue weighted by Gasteiger charge is 2.28. The summed E-state index contributed by atoms with van der Waals surface area (Å²) < 4.78 is 4.24. The summed E-state index contributed by atoms with van der Waals surface area (Å²) in [5.74, 6) is 0.355. The lowest BCUT2D eigenvalue weighted by atomic mass is 9.78. The van der Waals surface area contributed by atoms with Crippen LogP contribution in [-0.2, 0) is 23.9 Å². The first-order valence-corrected chi connectivity index (χ1v) is 15.1. The van der Waals surface area contributed by atoms with Crippen molar-refractivity contribution in [3.05, 3.63) is 46.8 Å². The van der Waals surface area contributed by atoms with Gasteiger partial charge in [0.05, 0.1) is 6.54 Å². The number of ketones is 1. The zero-order chi connectivity index (χ0) is 28.3. The fraction of sp³-hybridized carbons (Fsp3) is 0.697. The number of carbonyl (C=O) groups is 1. The summed E-state index contributed by atoms with van der Waals surface area (Å²) in [5.41, 5.74) is 2.65. The average Bonchev–Trinajstić information content (AvgIpc) is 3.20. The van der Waals surface area contributed by atoms with Gasteiger partial charge in [0.2, 0.25) is 5.62 Å². The standard InChI is InChI=1S/C33H55N3O2/c1-9-11-13-15-17-19-34-31-35(20-18-16-14-12-10-2)21-22-36(31)25-29(37)26-23-27(32(3,4)5)30(38)28(24-26)33(6,7)8/h21-24,38H,9-20,25H2,1-8H3/b34-31+. The zero-order valence-electron chi connectivity index (χ0n) is 25.7. The Morgan fingerprint density at radius 2 is 1.26 bits per heavy atom. The van der Waals surface area contributed by atoms with Crippen molar-refractivity contribution in [3.63, 3.8) is 0 Å². The maximum absolute atomic E-state index is 13.7. The molecule has 0 aliphatic heterocycles. The van der Waals surface area contributed by atoms with Gasteiger partial charge in [-0.25, -0.2) is 0 Å². The molecule has 1 N–H and O–H groups in total. The maximum Gasteiger partial charge on any atom is 0.205 e. The number of rotatable bonds is 15. The molecule has 0 bridgehead atoms.